The number of phenols is 2. The van der Waals surface area contributed by atoms with Crippen molar-refractivity contribution in [3.63, 3.8) is 0 Å². The number of hydrogen-bond acceptors (Lipinski definition) is 6. The van der Waals surface area contributed by atoms with E-state index < -0.39 is 0 Å². The Hall–Kier alpha value is -3.25. The van der Waals surface area contributed by atoms with Crippen molar-refractivity contribution >= 4 is 32.4 Å². The van der Waals surface area contributed by atoms with Crippen LogP contribution < -0.4 is 0 Å². The van der Waals surface area contributed by atoms with E-state index >= 15 is 0 Å². The Morgan fingerprint density at radius 1 is 0.760 bits per heavy atom. The second-order valence-electron chi connectivity index (χ2n) is 5.38. The molecule has 0 spiro atoms. The molecule has 0 aliphatic rings. The van der Waals surface area contributed by atoms with Crippen LogP contribution in [-0.2, 0) is 0 Å². The van der Waals surface area contributed by atoms with Crippen molar-refractivity contribution in [2.45, 2.75) is 0 Å². The Kier molecular flexibility index (Phi) is 3.87. The van der Waals surface area contributed by atoms with Crippen LogP contribution >= 0.6 is 11.3 Å². The molecular weight excluding hydrogens is 334 g/mol. The molecule has 0 radical (unpaired) electrons. The number of hydrogen-bond donors (Lipinski definition) is 2. The zero-order chi connectivity index (χ0) is 17.2. The fourth-order valence-electron chi connectivity index (χ4n) is 2.51. The lowest BCUT2D eigenvalue weighted by molar-refractivity contribution is 0.469. The van der Waals surface area contributed by atoms with E-state index in [9.17, 15) is 10.2 Å². The van der Waals surface area contributed by atoms with E-state index in [1.165, 1.54) is 17.4 Å². The van der Waals surface area contributed by atoms with Gasteiger partial charge in [-0.05, 0) is 30.3 Å². The molecule has 0 saturated heterocycles. The Labute approximate surface area is 147 Å². The van der Waals surface area contributed by atoms with Crippen molar-refractivity contribution in [2.24, 2.45) is 10.2 Å². The van der Waals surface area contributed by atoms with Gasteiger partial charge in [-0.15, -0.1) is 10.2 Å². The highest BCUT2D eigenvalue weighted by atomic mass is 32.1. The number of fused-ring (bicyclic) bond motifs is 1. The predicted octanol–water partition coefficient (Wildman–Crippen LogP) is 5.79. The van der Waals surface area contributed by atoms with Crippen LogP contribution in [0.3, 0.4) is 0 Å². The van der Waals surface area contributed by atoms with Crippen LogP contribution in [0.2, 0.25) is 0 Å². The lowest BCUT2D eigenvalue weighted by Gasteiger charge is -2.07. The minimum atomic E-state index is 0.0299. The SMILES string of the molecule is Oc1ccccc1-c1ccc(N=Nc2nc3ccccc3s2)cc1O. The predicted molar refractivity (Wildman–Crippen MR) is 99.0 cm³/mol. The van der Waals surface area contributed by atoms with E-state index in [1.54, 1.807) is 36.4 Å². The van der Waals surface area contributed by atoms with Crippen molar-refractivity contribution in [1.29, 1.82) is 0 Å². The van der Waals surface area contributed by atoms with Crippen LogP contribution in [0.5, 0.6) is 11.5 Å². The maximum absolute atomic E-state index is 10.3. The summed E-state index contributed by atoms with van der Waals surface area (Å²) in [6.45, 7) is 0. The van der Waals surface area contributed by atoms with Gasteiger partial charge in [0.15, 0.2) is 0 Å². The van der Waals surface area contributed by atoms with Gasteiger partial charge >= 0.3 is 0 Å². The molecule has 1 aromatic heterocycles. The Morgan fingerprint density at radius 2 is 1.52 bits per heavy atom. The van der Waals surface area contributed by atoms with Crippen LogP contribution in [0, 0.1) is 0 Å². The van der Waals surface area contributed by atoms with Gasteiger partial charge in [0.1, 0.15) is 11.5 Å². The van der Waals surface area contributed by atoms with E-state index in [2.05, 4.69) is 15.2 Å². The van der Waals surface area contributed by atoms with Crippen molar-refractivity contribution in [2.75, 3.05) is 0 Å². The van der Waals surface area contributed by atoms with Crippen LogP contribution in [-0.4, -0.2) is 15.2 Å². The molecule has 0 bridgehead atoms. The molecule has 0 fully saturated rings. The summed E-state index contributed by atoms with van der Waals surface area (Å²) >= 11 is 1.46. The molecule has 5 nitrogen and oxygen atoms in total. The van der Waals surface area contributed by atoms with Crippen LogP contribution in [0.4, 0.5) is 10.8 Å². The Bertz CT molecular complexity index is 1060. The van der Waals surface area contributed by atoms with Gasteiger partial charge in [-0.3, -0.25) is 0 Å². The molecule has 122 valence electrons. The van der Waals surface area contributed by atoms with Crippen molar-refractivity contribution in [3.8, 4) is 22.6 Å². The number of thiazole rings is 1. The van der Waals surface area contributed by atoms with Gasteiger partial charge in [-0.1, -0.05) is 41.7 Å². The summed E-state index contributed by atoms with van der Waals surface area (Å²) in [5.41, 5.74) is 2.50. The standard InChI is InChI=1S/C19H13N3O2S/c23-16-7-3-1-5-13(16)14-10-9-12(11-17(14)24)21-22-19-20-15-6-2-4-8-18(15)25-19/h1-11,23-24H. The first-order valence-corrected chi connectivity index (χ1v) is 8.41. The summed E-state index contributed by atoms with van der Waals surface area (Å²) in [4.78, 5) is 4.39. The molecule has 0 unspecified atom stereocenters. The smallest absolute Gasteiger partial charge is 0.231 e. The first kappa shape index (κ1) is 15.3. The van der Waals surface area contributed by atoms with Gasteiger partial charge in [0.2, 0.25) is 5.13 Å². The molecule has 4 aromatic rings. The van der Waals surface area contributed by atoms with Crippen LogP contribution in [0.1, 0.15) is 0 Å². The summed E-state index contributed by atoms with van der Waals surface area (Å²) in [5, 5.41) is 29.0. The van der Waals surface area contributed by atoms with E-state index in [0.29, 0.717) is 21.9 Å². The summed E-state index contributed by atoms with van der Waals surface area (Å²) in [6, 6.07) is 19.6. The largest absolute Gasteiger partial charge is 0.507 e. The van der Waals surface area contributed by atoms with Crippen molar-refractivity contribution in [1.82, 2.24) is 4.98 Å². The van der Waals surface area contributed by atoms with Gasteiger partial charge in [0, 0.05) is 17.2 Å². The zero-order valence-electron chi connectivity index (χ0n) is 13.0. The van der Waals surface area contributed by atoms with Crippen molar-refractivity contribution in [3.05, 3.63) is 66.7 Å². The maximum atomic E-state index is 10.3. The third kappa shape index (κ3) is 3.07. The fourth-order valence-corrected chi connectivity index (χ4v) is 3.30. The second kappa shape index (κ2) is 6.33. The highest BCUT2D eigenvalue weighted by molar-refractivity contribution is 7.21. The minimum Gasteiger partial charge on any atom is -0.507 e. The Balaban J connectivity index is 1.63. The van der Waals surface area contributed by atoms with Gasteiger partial charge in [-0.25, -0.2) is 4.98 Å². The first-order chi connectivity index (χ1) is 12.2. The maximum Gasteiger partial charge on any atom is 0.231 e. The highest BCUT2D eigenvalue weighted by Crippen LogP contribution is 2.37. The number of aromatic nitrogens is 1. The molecule has 0 aliphatic carbocycles. The van der Waals surface area contributed by atoms with Crippen molar-refractivity contribution < 1.29 is 10.2 Å². The number of nitrogens with zero attached hydrogens (tertiary/aromatic N) is 3. The van der Waals surface area contributed by atoms with E-state index in [-0.39, 0.29) is 11.5 Å². The zero-order valence-corrected chi connectivity index (χ0v) is 13.8. The Morgan fingerprint density at radius 3 is 2.32 bits per heavy atom. The molecule has 2 N–H and O–H groups in total. The molecule has 25 heavy (non-hydrogen) atoms. The molecule has 6 heteroatoms. The lowest BCUT2D eigenvalue weighted by atomic mass is 10.0. The quantitative estimate of drug-likeness (QED) is 0.460. The summed E-state index contributed by atoms with van der Waals surface area (Å²) in [6.07, 6.45) is 0. The summed E-state index contributed by atoms with van der Waals surface area (Å²) in [7, 11) is 0. The van der Waals surface area contributed by atoms with E-state index in [4.69, 9.17) is 0 Å². The average molecular weight is 347 g/mol. The van der Waals surface area contributed by atoms with E-state index in [1.807, 2.05) is 24.3 Å². The molecule has 0 aliphatic heterocycles. The topological polar surface area (TPSA) is 78.1 Å². The molecule has 3 aromatic carbocycles. The number of azo groups is 1. The fraction of sp³-hybridized carbons (Fsp3) is 0. The highest BCUT2D eigenvalue weighted by Gasteiger charge is 2.09. The minimum absolute atomic E-state index is 0.0299. The first-order valence-electron chi connectivity index (χ1n) is 7.59. The number of aromatic hydroxyl groups is 2. The number of para-hydroxylation sites is 2. The lowest BCUT2D eigenvalue weighted by Crippen LogP contribution is -1.80. The molecular formula is C19H13N3O2S. The van der Waals surface area contributed by atoms with Gasteiger partial charge in [0.25, 0.3) is 0 Å². The normalized spacial score (nSPS) is 11.4. The van der Waals surface area contributed by atoms with Gasteiger partial charge in [0.05, 0.1) is 15.9 Å². The molecule has 1 heterocycles. The molecule has 0 amide bonds. The number of phenolic OH excluding ortho intramolecular Hbond substituents is 2. The molecule has 0 atom stereocenters. The monoisotopic (exact) mass is 347 g/mol. The van der Waals surface area contributed by atoms with E-state index in [0.717, 1.165) is 10.2 Å². The average Bonchev–Trinajstić information content (AvgIpc) is 3.04. The molecule has 4 rings (SSSR count). The third-order valence-electron chi connectivity index (χ3n) is 3.71. The molecule has 0 saturated carbocycles. The van der Waals surface area contributed by atoms with Crippen LogP contribution in [0.15, 0.2) is 77.0 Å². The second-order valence-corrected chi connectivity index (χ2v) is 6.39. The number of benzene rings is 3. The van der Waals surface area contributed by atoms with Gasteiger partial charge < -0.3 is 10.2 Å². The summed E-state index contributed by atoms with van der Waals surface area (Å²) in [5.74, 6) is 0.143. The third-order valence-corrected chi connectivity index (χ3v) is 4.63. The van der Waals surface area contributed by atoms with Crippen LogP contribution in [0.25, 0.3) is 21.3 Å². The number of rotatable bonds is 3. The summed E-state index contributed by atoms with van der Waals surface area (Å²) < 4.78 is 1.05. The van der Waals surface area contributed by atoms with Gasteiger partial charge in [-0.2, -0.15) is 0 Å².